The molecule has 2 aromatic rings. The number of halogens is 1. The molecule has 1 heterocycles. The lowest BCUT2D eigenvalue weighted by Gasteiger charge is -2.07. The Balaban J connectivity index is 2.12. The van der Waals surface area contributed by atoms with Gasteiger partial charge in [-0.3, -0.25) is 5.10 Å². The second-order valence-electron chi connectivity index (χ2n) is 3.54. The number of hydrogen-bond acceptors (Lipinski definition) is 3. The van der Waals surface area contributed by atoms with Crippen LogP contribution in [0.2, 0.25) is 0 Å². The van der Waals surface area contributed by atoms with E-state index < -0.39 is 0 Å². The van der Waals surface area contributed by atoms with Crippen LogP contribution in [0.5, 0.6) is 11.5 Å². The first-order chi connectivity index (χ1) is 8.31. The summed E-state index contributed by atoms with van der Waals surface area (Å²) in [5, 5.41) is 16.5. The summed E-state index contributed by atoms with van der Waals surface area (Å²) in [7, 11) is 0. The highest BCUT2D eigenvalue weighted by Crippen LogP contribution is 2.30. The first kappa shape index (κ1) is 11.8. The molecule has 0 fully saturated rings. The lowest BCUT2D eigenvalue weighted by Crippen LogP contribution is -1.97. The molecule has 0 aliphatic heterocycles. The minimum Gasteiger partial charge on any atom is -0.507 e. The number of aromatic nitrogens is 2. The third-order valence-electron chi connectivity index (χ3n) is 2.31. The van der Waals surface area contributed by atoms with Crippen molar-refractivity contribution in [2.24, 2.45) is 0 Å². The largest absolute Gasteiger partial charge is 0.507 e. The van der Waals surface area contributed by atoms with E-state index in [1.165, 1.54) is 0 Å². The highest BCUT2D eigenvalue weighted by atomic mass is 35.5. The molecule has 0 unspecified atom stereocenters. The summed E-state index contributed by atoms with van der Waals surface area (Å²) < 4.78 is 5.43. The number of hydrogen-bond donors (Lipinski definition) is 2. The van der Waals surface area contributed by atoms with E-state index in [0.29, 0.717) is 23.8 Å². The second kappa shape index (κ2) is 5.59. The van der Waals surface area contributed by atoms with Crippen molar-refractivity contribution in [3.8, 4) is 22.8 Å². The lowest BCUT2D eigenvalue weighted by molar-refractivity contribution is 0.316. The summed E-state index contributed by atoms with van der Waals surface area (Å²) >= 11 is 5.55. The van der Waals surface area contributed by atoms with Crippen molar-refractivity contribution >= 4 is 11.6 Å². The monoisotopic (exact) mass is 252 g/mol. The Morgan fingerprint density at radius 3 is 2.88 bits per heavy atom. The maximum absolute atomic E-state index is 9.87. The first-order valence-corrected chi connectivity index (χ1v) is 5.86. The first-order valence-electron chi connectivity index (χ1n) is 5.33. The van der Waals surface area contributed by atoms with Crippen molar-refractivity contribution in [1.29, 1.82) is 0 Å². The fourth-order valence-electron chi connectivity index (χ4n) is 1.48. The van der Waals surface area contributed by atoms with Crippen molar-refractivity contribution in [3.63, 3.8) is 0 Å². The number of nitrogens with one attached hydrogen (secondary N) is 1. The smallest absolute Gasteiger partial charge is 0.128 e. The van der Waals surface area contributed by atoms with Crippen LogP contribution in [0.3, 0.4) is 0 Å². The van der Waals surface area contributed by atoms with Gasteiger partial charge in [-0.15, -0.1) is 11.6 Å². The molecule has 0 radical (unpaired) electrons. The van der Waals surface area contributed by atoms with E-state index in [1.807, 2.05) is 6.07 Å². The average molecular weight is 253 g/mol. The molecule has 1 aromatic carbocycles. The molecule has 0 aliphatic rings. The summed E-state index contributed by atoms with van der Waals surface area (Å²) in [6.07, 6.45) is 2.42. The van der Waals surface area contributed by atoms with Crippen LogP contribution in [-0.2, 0) is 0 Å². The number of ether oxygens (including phenoxy) is 1. The molecule has 0 saturated carbocycles. The highest BCUT2D eigenvalue weighted by Gasteiger charge is 2.06. The van der Waals surface area contributed by atoms with Crippen molar-refractivity contribution in [2.75, 3.05) is 12.5 Å². The summed E-state index contributed by atoms with van der Waals surface area (Å²) in [6.45, 7) is 0.548. The van der Waals surface area contributed by atoms with Crippen molar-refractivity contribution in [3.05, 3.63) is 30.5 Å². The maximum Gasteiger partial charge on any atom is 0.128 e. The number of rotatable bonds is 5. The number of alkyl halides is 1. The Morgan fingerprint density at radius 2 is 2.24 bits per heavy atom. The number of phenolic OH excluding ortho intramolecular Hbond substituents is 1. The summed E-state index contributed by atoms with van der Waals surface area (Å²) in [6, 6.07) is 6.98. The van der Waals surface area contributed by atoms with Crippen LogP contribution in [0.25, 0.3) is 11.3 Å². The second-order valence-corrected chi connectivity index (χ2v) is 3.92. The Kier molecular flexibility index (Phi) is 3.88. The zero-order chi connectivity index (χ0) is 12.1. The van der Waals surface area contributed by atoms with Crippen molar-refractivity contribution in [1.82, 2.24) is 10.2 Å². The molecular formula is C12H13ClN2O2. The van der Waals surface area contributed by atoms with Gasteiger partial charge in [-0.1, -0.05) is 0 Å². The zero-order valence-corrected chi connectivity index (χ0v) is 9.94. The molecule has 17 heavy (non-hydrogen) atoms. The Labute approximate surface area is 104 Å². The molecule has 90 valence electrons. The number of nitrogens with zero attached hydrogens (tertiary/aromatic N) is 1. The fourth-order valence-corrected chi connectivity index (χ4v) is 1.59. The maximum atomic E-state index is 9.87. The summed E-state index contributed by atoms with van der Waals surface area (Å²) in [4.78, 5) is 0. The van der Waals surface area contributed by atoms with Gasteiger partial charge in [-0.25, -0.2) is 0 Å². The predicted octanol–water partition coefficient (Wildman–Crippen LogP) is 2.79. The molecule has 4 nitrogen and oxygen atoms in total. The summed E-state index contributed by atoms with van der Waals surface area (Å²) in [5.74, 6) is 1.37. The van der Waals surface area contributed by atoms with Gasteiger partial charge in [0.05, 0.1) is 12.3 Å². The molecule has 0 amide bonds. The Morgan fingerprint density at radius 1 is 1.35 bits per heavy atom. The van der Waals surface area contributed by atoms with Gasteiger partial charge in [0.1, 0.15) is 11.5 Å². The highest BCUT2D eigenvalue weighted by molar-refractivity contribution is 6.17. The van der Waals surface area contributed by atoms with E-state index in [4.69, 9.17) is 16.3 Å². The zero-order valence-electron chi connectivity index (χ0n) is 9.19. The third-order valence-corrected chi connectivity index (χ3v) is 2.57. The number of aromatic amines is 1. The topological polar surface area (TPSA) is 58.1 Å². The van der Waals surface area contributed by atoms with E-state index >= 15 is 0 Å². The van der Waals surface area contributed by atoms with Crippen LogP contribution in [0, 0.1) is 0 Å². The van der Waals surface area contributed by atoms with Gasteiger partial charge < -0.3 is 9.84 Å². The van der Waals surface area contributed by atoms with E-state index in [0.717, 1.165) is 12.1 Å². The van der Waals surface area contributed by atoms with Crippen molar-refractivity contribution < 1.29 is 9.84 Å². The molecule has 0 saturated heterocycles. The van der Waals surface area contributed by atoms with Crippen LogP contribution in [-0.4, -0.2) is 27.8 Å². The molecule has 5 heteroatoms. The van der Waals surface area contributed by atoms with E-state index in [-0.39, 0.29) is 5.75 Å². The summed E-state index contributed by atoms with van der Waals surface area (Å²) in [5.41, 5.74) is 1.47. The van der Waals surface area contributed by atoms with Crippen LogP contribution in [0.15, 0.2) is 30.5 Å². The van der Waals surface area contributed by atoms with Crippen LogP contribution >= 0.6 is 11.6 Å². The number of phenols is 1. The van der Waals surface area contributed by atoms with E-state index in [9.17, 15) is 5.11 Å². The van der Waals surface area contributed by atoms with Gasteiger partial charge in [-0.05, 0) is 24.6 Å². The van der Waals surface area contributed by atoms with Gasteiger partial charge in [0.2, 0.25) is 0 Å². The van der Waals surface area contributed by atoms with Gasteiger partial charge in [-0.2, -0.15) is 5.10 Å². The minimum atomic E-state index is 0.164. The number of H-pyrrole nitrogens is 1. The van der Waals surface area contributed by atoms with Crippen molar-refractivity contribution in [2.45, 2.75) is 6.42 Å². The molecule has 0 aliphatic carbocycles. The third kappa shape index (κ3) is 2.91. The predicted molar refractivity (Wildman–Crippen MR) is 66.5 cm³/mol. The number of benzene rings is 1. The molecule has 2 N–H and O–H groups in total. The van der Waals surface area contributed by atoms with E-state index in [1.54, 1.807) is 24.4 Å². The Bertz CT molecular complexity index is 471. The molecule has 0 atom stereocenters. The standard InChI is InChI=1S/C12H13ClN2O2/c13-5-1-7-17-9-2-3-10(12(16)8-9)11-4-6-14-15-11/h2-4,6,8,16H,1,5,7H2,(H,14,15). The van der Waals surface area contributed by atoms with Crippen LogP contribution < -0.4 is 4.74 Å². The normalized spacial score (nSPS) is 10.4. The van der Waals surface area contributed by atoms with Gasteiger partial charge in [0, 0.05) is 23.7 Å². The van der Waals surface area contributed by atoms with Gasteiger partial charge >= 0.3 is 0 Å². The molecule has 0 bridgehead atoms. The van der Waals surface area contributed by atoms with Crippen LogP contribution in [0.4, 0.5) is 0 Å². The fraction of sp³-hybridized carbons (Fsp3) is 0.250. The molecule has 0 spiro atoms. The molecule has 2 rings (SSSR count). The van der Waals surface area contributed by atoms with E-state index in [2.05, 4.69) is 10.2 Å². The minimum absolute atomic E-state index is 0.164. The van der Waals surface area contributed by atoms with Gasteiger partial charge in [0.15, 0.2) is 0 Å². The lowest BCUT2D eigenvalue weighted by atomic mass is 10.1. The van der Waals surface area contributed by atoms with Gasteiger partial charge in [0.25, 0.3) is 0 Å². The average Bonchev–Trinajstić information content (AvgIpc) is 2.83. The SMILES string of the molecule is Oc1cc(OCCCCl)ccc1-c1ccn[nH]1. The Hall–Kier alpha value is -1.68. The number of aromatic hydroxyl groups is 1. The molecular weight excluding hydrogens is 240 g/mol. The van der Waals surface area contributed by atoms with Crippen LogP contribution in [0.1, 0.15) is 6.42 Å². The quantitative estimate of drug-likeness (QED) is 0.636. The molecule has 1 aromatic heterocycles.